The minimum absolute atomic E-state index is 0.137. The number of halogens is 1. The number of hydrogen-bond donors (Lipinski definition) is 1. The molecule has 4 nitrogen and oxygen atoms in total. The first-order valence-electron chi connectivity index (χ1n) is 6.60. The summed E-state index contributed by atoms with van der Waals surface area (Å²) in [4.78, 5) is 16.3. The van der Waals surface area contributed by atoms with Gasteiger partial charge in [0.05, 0.1) is 0 Å². The fourth-order valence-corrected chi connectivity index (χ4v) is 2.12. The highest BCUT2D eigenvalue weighted by molar-refractivity contribution is 5.92. The molecule has 2 aromatic heterocycles. The van der Waals surface area contributed by atoms with Crippen LogP contribution in [0, 0.1) is 12.7 Å². The second-order valence-electron chi connectivity index (χ2n) is 4.87. The number of pyridine rings is 1. The number of carbonyl (C=O) groups excluding carboxylic acids is 1. The van der Waals surface area contributed by atoms with E-state index in [1.165, 1.54) is 6.07 Å². The highest BCUT2D eigenvalue weighted by Crippen LogP contribution is 2.09. The Bertz CT molecular complexity index is 810. The molecule has 0 fully saturated rings. The fourth-order valence-electron chi connectivity index (χ4n) is 2.12. The van der Waals surface area contributed by atoms with E-state index >= 15 is 0 Å². The average molecular weight is 283 g/mol. The normalized spacial score (nSPS) is 10.8. The van der Waals surface area contributed by atoms with Gasteiger partial charge in [-0.25, -0.2) is 9.37 Å². The summed E-state index contributed by atoms with van der Waals surface area (Å²) in [6.45, 7) is 2.11. The summed E-state index contributed by atoms with van der Waals surface area (Å²) < 4.78 is 15.3. The Morgan fingerprint density at radius 3 is 2.86 bits per heavy atom. The first kappa shape index (κ1) is 13.3. The lowest BCUT2D eigenvalue weighted by Crippen LogP contribution is -2.23. The van der Waals surface area contributed by atoms with Crippen molar-refractivity contribution in [3.63, 3.8) is 0 Å². The maximum atomic E-state index is 13.5. The maximum absolute atomic E-state index is 13.5. The molecule has 0 unspecified atom stereocenters. The van der Waals surface area contributed by atoms with Crippen LogP contribution in [0.3, 0.4) is 0 Å². The number of aromatic nitrogens is 2. The van der Waals surface area contributed by atoms with Gasteiger partial charge in [0, 0.05) is 24.5 Å². The third-order valence-corrected chi connectivity index (χ3v) is 3.23. The van der Waals surface area contributed by atoms with Crippen LogP contribution < -0.4 is 5.32 Å². The number of benzene rings is 1. The SMILES string of the molecule is Cc1ccc2nc(C(=O)NCc3ccccc3F)cn2c1. The summed E-state index contributed by atoms with van der Waals surface area (Å²) in [6, 6.07) is 10.1. The highest BCUT2D eigenvalue weighted by Gasteiger charge is 2.11. The second-order valence-corrected chi connectivity index (χ2v) is 4.87. The van der Waals surface area contributed by atoms with Crippen LogP contribution in [0.4, 0.5) is 4.39 Å². The summed E-state index contributed by atoms with van der Waals surface area (Å²) in [5.74, 6) is -0.650. The van der Waals surface area contributed by atoms with Crippen molar-refractivity contribution in [2.75, 3.05) is 0 Å². The van der Waals surface area contributed by atoms with Crippen LogP contribution in [0.25, 0.3) is 5.65 Å². The first-order chi connectivity index (χ1) is 10.1. The molecule has 0 radical (unpaired) electrons. The standard InChI is InChI=1S/C16H14FN3O/c1-11-6-7-15-19-14(10-20(15)9-11)16(21)18-8-12-4-2-3-5-13(12)17/h2-7,9-10H,8H2,1H3,(H,18,21). The minimum Gasteiger partial charge on any atom is -0.346 e. The van der Waals surface area contributed by atoms with E-state index in [2.05, 4.69) is 10.3 Å². The maximum Gasteiger partial charge on any atom is 0.271 e. The van der Waals surface area contributed by atoms with E-state index < -0.39 is 0 Å². The van der Waals surface area contributed by atoms with Crippen LogP contribution in [-0.4, -0.2) is 15.3 Å². The van der Waals surface area contributed by atoms with Crippen molar-refractivity contribution in [2.24, 2.45) is 0 Å². The van der Waals surface area contributed by atoms with Crippen molar-refractivity contribution in [3.05, 3.63) is 71.4 Å². The number of nitrogens with one attached hydrogen (secondary N) is 1. The molecule has 1 aromatic carbocycles. The van der Waals surface area contributed by atoms with Gasteiger partial charge in [-0.05, 0) is 24.6 Å². The summed E-state index contributed by atoms with van der Waals surface area (Å²) in [5.41, 5.74) is 2.55. The Kier molecular flexibility index (Phi) is 3.39. The molecule has 3 rings (SSSR count). The van der Waals surface area contributed by atoms with Gasteiger partial charge < -0.3 is 9.72 Å². The molecule has 0 aliphatic carbocycles. The molecule has 0 saturated heterocycles. The Morgan fingerprint density at radius 2 is 2.05 bits per heavy atom. The van der Waals surface area contributed by atoms with Gasteiger partial charge in [-0.15, -0.1) is 0 Å². The summed E-state index contributed by atoms with van der Waals surface area (Å²) in [7, 11) is 0. The molecular weight excluding hydrogens is 269 g/mol. The van der Waals surface area contributed by atoms with Gasteiger partial charge in [0.25, 0.3) is 5.91 Å². The summed E-state index contributed by atoms with van der Waals surface area (Å²) >= 11 is 0. The molecule has 0 atom stereocenters. The molecular formula is C16H14FN3O. The predicted molar refractivity (Wildman–Crippen MR) is 77.5 cm³/mol. The number of rotatable bonds is 3. The molecule has 0 aliphatic rings. The third kappa shape index (κ3) is 2.76. The van der Waals surface area contributed by atoms with Gasteiger partial charge >= 0.3 is 0 Å². The molecule has 0 spiro atoms. The van der Waals surface area contributed by atoms with E-state index in [0.29, 0.717) is 16.9 Å². The van der Waals surface area contributed by atoms with Crippen molar-refractivity contribution in [1.82, 2.24) is 14.7 Å². The third-order valence-electron chi connectivity index (χ3n) is 3.23. The molecule has 2 heterocycles. The molecule has 1 N–H and O–H groups in total. The Morgan fingerprint density at radius 1 is 1.24 bits per heavy atom. The van der Waals surface area contributed by atoms with Crippen LogP contribution in [0.1, 0.15) is 21.6 Å². The van der Waals surface area contributed by atoms with E-state index in [0.717, 1.165) is 5.56 Å². The van der Waals surface area contributed by atoms with Crippen molar-refractivity contribution in [1.29, 1.82) is 0 Å². The summed E-state index contributed by atoms with van der Waals surface area (Å²) in [5, 5.41) is 2.68. The second kappa shape index (κ2) is 5.36. The predicted octanol–water partition coefficient (Wildman–Crippen LogP) is 2.71. The zero-order chi connectivity index (χ0) is 14.8. The number of hydrogen-bond acceptors (Lipinski definition) is 2. The van der Waals surface area contributed by atoms with Crippen molar-refractivity contribution < 1.29 is 9.18 Å². The molecule has 0 saturated carbocycles. The van der Waals surface area contributed by atoms with Crippen molar-refractivity contribution >= 4 is 11.6 Å². The van der Waals surface area contributed by atoms with Crippen LogP contribution in [0.5, 0.6) is 0 Å². The van der Waals surface area contributed by atoms with E-state index in [-0.39, 0.29) is 18.3 Å². The lowest BCUT2D eigenvalue weighted by molar-refractivity contribution is 0.0946. The topological polar surface area (TPSA) is 46.4 Å². The smallest absolute Gasteiger partial charge is 0.271 e. The Balaban J connectivity index is 1.76. The molecule has 106 valence electrons. The van der Waals surface area contributed by atoms with Gasteiger partial charge in [0.2, 0.25) is 0 Å². The van der Waals surface area contributed by atoms with Gasteiger partial charge in [0.15, 0.2) is 0 Å². The van der Waals surface area contributed by atoms with Crippen LogP contribution in [0.15, 0.2) is 48.8 Å². The highest BCUT2D eigenvalue weighted by atomic mass is 19.1. The average Bonchev–Trinajstić information content (AvgIpc) is 2.89. The van der Waals surface area contributed by atoms with E-state index in [1.807, 2.05) is 25.3 Å². The quantitative estimate of drug-likeness (QED) is 0.803. The molecule has 1 amide bonds. The first-order valence-corrected chi connectivity index (χ1v) is 6.60. The van der Waals surface area contributed by atoms with Gasteiger partial charge in [0.1, 0.15) is 17.2 Å². The number of carbonyl (C=O) groups is 1. The number of imidazole rings is 1. The van der Waals surface area contributed by atoms with Crippen molar-refractivity contribution in [3.8, 4) is 0 Å². The van der Waals surface area contributed by atoms with Crippen LogP contribution in [0.2, 0.25) is 0 Å². The lowest BCUT2D eigenvalue weighted by atomic mass is 10.2. The van der Waals surface area contributed by atoms with E-state index in [4.69, 9.17) is 0 Å². The van der Waals surface area contributed by atoms with E-state index in [1.54, 1.807) is 28.8 Å². The molecule has 3 aromatic rings. The molecule has 21 heavy (non-hydrogen) atoms. The summed E-state index contributed by atoms with van der Waals surface area (Å²) in [6.07, 6.45) is 3.56. The molecule has 0 bridgehead atoms. The lowest BCUT2D eigenvalue weighted by Gasteiger charge is -2.04. The van der Waals surface area contributed by atoms with E-state index in [9.17, 15) is 9.18 Å². The van der Waals surface area contributed by atoms with Gasteiger partial charge in [-0.1, -0.05) is 24.3 Å². The zero-order valence-corrected chi connectivity index (χ0v) is 11.5. The Labute approximate surface area is 121 Å². The van der Waals surface area contributed by atoms with Crippen LogP contribution >= 0.6 is 0 Å². The number of fused-ring (bicyclic) bond motifs is 1. The van der Waals surface area contributed by atoms with Crippen molar-refractivity contribution in [2.45, 2.75) is 13.5 Å². The fraction of sp³-hybridized carbons (Fsp3) is 0.125. The number of amides is 1. The Hall–Kier alpha value is -2.69. The zero-order valence-electron chi connectivity index (χ0n) is 11.5. The molecule has 0 aliphatic heterocycles. The molecule has 5 heteroatoms. The van der Waals surface area contributed by atoms with Gasteiger partial charge in [-0.3, -0.25) is 4.79 Å². The monoisotopic (exact) mass is 283 g/mol. The number of aryl methyl sites for hydroxylation is 1. The number of nitrogens with zero attached hydrogens (tertiary/aromatic N) is 2. The largest absolute Gasteiger partial charge is 0.346 e. The van der Waals surface area contributed by atoms with Crippen LogP contribution in [-0.2, 0) is 6.54 Å². The van der Waals surface area contributed by atoms with Gasteiger partial charge in [-0.2, -0.15) is 0 Å². The minimum atomic E-state index is -0.330.